The van der Waals surface area contributed by atoms with Gasteiger partial charge in [-0.25, -0.2) is 0 Å². The molecule has 120 valence electrons. The van der Waals surface area contributed by atoms with Crippen LogP contribution < -0.4 is 11.1 Å². The van der Waals surface area contributed by atoms with E-state index < -0.39 is 0 Å². The van der Waals surface area contributed by atoms with Crippen molar-refractivity contribution in [2.24, 2.45) is 5.73 Å². The first-order valence-electron chi connectivity index (χ1n) is 7.57. The molecule has 4 rings (SSSR count). The monoisotopic (exact) mass is 353 g/mol. The zero-order valence-corrected chi connectivity index (χ0v) is 14.4. The maximum atomic E-state index is 9.58. The van der Waals surface area contributed by atoms with Crippen LogP contribution in [-0.2, 0) is 4.74 Å². The number of allylic oxidation sites excluding steroid dienone is 1. The standard InChI is InChI=1S/C18H15N3OS2/c19-8-13-16(15-4-2-6-24-15)14-10-21-9-11(17(14)22-18(13)20)7-12-3-1-5-23-12/h1-7,16,21H,9-10,20H2/b11-7-. The Kier molecular flexibility index (Phi) is 3.98. The number of nitrogens with two attached hydrogens (primary N) is 1. The molecule has 0 fully saturated rings. The van der Waals surface area contributed by atoms with E-state index >= 15 is 0 Å². The molecule has 24 heavy (non-hydrogen) atoms. The van der Waals surface area contributed by atoms with Crippen molar-refractivity contribution in [2.75, 3.05) is 13.1 Å². The van der Waals surface area contributed by atoms with Gasteiger partial charge < -0.3 is 15.8 Å². The molecule has 0 amide bonds. The molecule has 0 saturated heterocycles. The van der Waals surface area contributed by atoms with Crippen LogP contribution in [0.2, 0.25) is 0 Å². The van der Waals surface area contributed by atoms with E-state index in [1.54, 1.807) is 22.7 Å². The molecule has 2 aromatic rings. The van der Waals surface area contributed by atoms with Crippen molar-refractivity contribution in [3.8, 4) is 6.07 Å². The van der Waals surface area contributed by atoms with Crippen LogP contribution in [0.5, 0.6) is 0 Å². The molecule has 0 aromatic carbocycles. The summed E-state index contributed by atoms with van der Waals surface area (Å²) in [5.74, 6) is 0.906. The Hall–Kier alpha value is -2.33. The van der Waals surface area contributed by atoms with Crippen molar-refractivity contribution in [2.45, 2.75) is 5.92 Å². The van der Waals surface area contributed by atoms with Gasteiger partial charge in [-0.3, -0.25) is 0 Å². The number of rotatable bonds is 2. The van der Waals surface area contributed by atoms with Crippen LogP contribution in [0.3, 0.4) is 0 Å². The molecular formula is C18H15N3OS2. The zero-order chi connectivity index (χ0) is 16.5. The van der Waals surface area contributed by atoms with Crippen LogP contribution in [0.25, 0.3) is 6.08 Å². The van der Waals surface area contributed by atoms with Crippen molar-refractivity contribution in [3.05, 3.63) is 73.1 Å². The molecule has 1 atom stereocenters. The van der Waals surface area contributed by atoms with Gasteiger partial charge in [0, 0.05) is 34.0 Å². The molecule has 2 aliphatic rings. The van der Waals surface area contributed by atoms with E-state index in [-0.39, 0.29) is 11.8 Å². The van der Waals surface area contributed by atoms with Crippen molar-refractivity contribution in [1.82, 2.24) is 5.32 Å². The lowest BCUT2D eigenvalue weighted by molar-refractivity contribution is 0.279. The fraction of sp³-hybridized carbons (Fsp3) is 0.167. The van der Waals surface area contributed by atoms with E-state index in [0.717, 1.165) is 28.3 Å². The Morgan fingerprint density at radius 2 is 2.08 bits per heavy atom. The Labute approximate surface area is 148 Å². The third kappa shape index (κ3) is 2.57. The molecule has 0 spiro atoms. The Morgan fingerprint density at radius 3 is 2.79 bits per heavy atom. The van der Waals surface area contributed by atoms with Crippen molar-refractivity contribution >= 4 is 28.7 Å². The van der Waals surface area contributed by atoms with Crippen LogP contribution in [0.1, 0.15) is 15.7 Å². The minimum atomic E-state index is -0.127. The largest absolute Gasteiger partial charge is 0.440 e. The first-order valence-corrected chi connectivity index (χ1v) is 9.33. The lowest BCUT2D eigenvalue weighted by Crippen LogP contribution is -2.34. The first-order chi connectivity index (χ1) is 11.8. The predicted molar refractivity (Wildman–Crippen MR) is 97.2 cm³/mol. The maximum Gasteiger partial charge on any atom is 0.205 e. The second-order valence-corrected chi connectivity index (χ2v) is 7.54. The van der Waals surface area contributed by atoms with Gasteiger partial charge in [-0.05, 0) is 29.0 Å². The van der Waals surface area contributed by atoms with E-state index in [4.69, 9.17) is 10.5 Å². The van der Waals surface area contributed by atoms with Crippen molar-refractivity contribution < 1.29 is 4.74 Å². The van der Waals surface area contributed by atoms with Gasteiger partial charge in [0.15, 0.2) is 0 Å². The van der Waals surface area contributed by atoms with Crippen LogP contribution >= 0.6 is 22.7 Å². The quantitative estimate of drug-likeness (QED) is 0.866. The highest BCUT2D eigenvalue weighted by atomic mass is 32.1. The molecule has 6 heteroatoms. The average Bonchev–Trinajstić information content (AvgIpc) is 3.28. The predicted octanol–water partition coefficient (Wildman–Crippen LogP) is 3.56. The highest BCUT2D eigenvalue weighted by Crippen LogP contribution is 2.43. The van der Waals surface area contributed by atoms with Gasteiger partial charge in [0.1, 0.15) is 17.4 Å². The van der Waals surface area contributed by atoms with Crippen molar-refractivity contribution in [3.63, 3.8) is 0 Å². The highest BCUT2D eigenvalue weighted by Gasteiger charge is 2.36. The van der Waals surface area contributed by atoms with Gasteiger partial charge >= 0.3 is 0 Å². The maximum absolute atomic E-state index is 9.58. The van der Waals surface area contributed by atoms with E-state index in [9.17, 15) is 5.26 Å². The number of nitriles is 1. The second kappa shape index (κ2) is 6.29. The molecule has 0 bridgehead atoms. The summed E-state index contributed by atoms with van der Waals surface area (Å²) in [6.07, 6.45) is 2.13. The number of nitrogens with zero attached hydrogens (tertiary/aromatic N) is 1. The van der Waals surface area contributed by atoms with Gasteiger partial charge in [0.25, 0.3) is 0 Å². The van der Waals surface area contributed by atoms with Crippen LogP contribution in [-0.4, -0.2) is 13.1 Å². The third-order valence-corrected chi connectivity index (χ3v) is 5.89. The summed E-state index contributed by atoms with van der Waals surface area (Å²) in [6, 6.07) is 10.4. The number of hydrogen-bond acceptors (Lipinski definition) is 6. The van der Waals surface area contributed by atoms with Crippen LogP contribution in [0.4, 0.5) is 0 Å². The molecule has 4 heterocycles. The Bertz CT molecular complexity index is 883. The summed E-state index contributed by atoms with van der Waals surface area (Å²) < 4.78 is 5.90. The molecular weight excluding hydrogens is 338 g/mol. The summed E-state index contributed by atoms with van der Waals surface area (Å²) in [5.41, 5.74) is 8.74. The minimum absolute atomic E-state index is 0.127. The number of thiophene rings is 2. The molecule has 2 aliphatic heterocycles. The molecule has 3 N–H and O–H groups in total. The molecule has 1 unspecified atom stereocenters. The SMILES string of the molecule is N#CC1=C(N)OC2=C(CNC/C2=C/c2cccs2)C1c1cccs1. The summed E-state index contributed by atoms with van der Waals surface area (Å²) in [7, 11) is 0. The Morgan fingerprint density at radius 1 is 1.25 bits per heavy atom. The Balaban J connectivity index is 1.84. The van der Waals surface area contributed by atoms with Crippen molar-refractivity contribution in [1.29, 1.82) is 5.26 Å². The van der Waals surface area contributed by atoms with E-state index in [0.29, 0.717) is 12.1 Å². The van der Waals surface area contributed by atoms with Gasteiger partial charge in [-0.1, -0.05) is 12.1 Å². The van der Waals surface area contributed by atoms with Crippen LogP contribution in [0.15, 0.2) is 63.4 Å². The molecule has 4 nitrogen and oxygen atoms in total. The smallest absolute Gasteiger partial charge is 0.205 e. The summed E-state index contributed by atoms with van der Waals surface area (Å²) in [5, 5.41) is 17.1. The lowest BCUT2D eigenvalue weighted by atomic mass is 9.84. The highest BCUT2D eigenvalue weighted by molar-refractivity contribution is 7.10. The minimum Gasteiger partial charge on any atom is -0.440 e. The molecule has 0 saturated carbocycles. The van der Waals surface area contributed by atoms with Gasteiger partial charge in [0.05, 0.1) is 5.92 Å². The fourth-order valence-corrected chi connectivity index (χ4v) is 4.64. The number of ether oxygens (including phenoxy) is 1. The molecule has 0 aliphatic carbocycles. The summed E-state index contributed by atoms with van der Waals surface area (Å²) in [6.45, 7) is 1.42. The number of nitrogens with one attached hydrogen (secondary N) is 1. The third-order valence-electron chi connectivity index (χ3n) is 4.14. The topological polar surface area (TPSA) is 71.1 Å². The van der Waals surface area contributed by atoms with Gasteiger partial charge in [0.2, 0.25) is 5.88 Å². The second-order valence-electron chi connectivity index (χ2n) is 5.58. The first kappa shape index (κ1) is 15.2. The normalized spacial score (nSPS) is 22.3. The zero-order valence-electron chi connectivity index (χ0n) is 12.8. The van der Waals surface area contributed by atoms with Gasteiger partial charge in [-0.2, -0.15) is 5.26 Å². The lowest BCUT2D eigenvalue weighted by Gasteiger charge is -2.32. The van der Waals surface area contributed by atoms with Crippen LogP contribution in [0, 0.1) is 11.3 Å². The summed E-state index contributed by atoms with van der Waals surface area (Å²) >= 11 is 3.32. The average molecular weight is 353 g/mol. The van der Waals surface area contributed by atoms with Gasteiger partial charge in [-0.15, -0.1) is 22.7 Å². The molecule has 0 radical (unpaired) electrons. The van der Waals surface area contributed by atoms with E-state index in [1.807, 2.05) is 23.6 Å². The molecule has 2 aromatic heterocycles. The fourth-order valence-electron chi connectivity index (χ4n) is 3.10. The summed E-state index contributed by atoms with van der Waals surface area (Å²) in [4.78, 5) is 2.29. The van der Waals surface area contributed by atoms with E-state index in [2.05, 4.69) is 28.9 Å². The number of hydrogen-bond donors (Lipinski definition) is 2. The van der Waals surface area contributed by atoms with E-state index in [1.165, 1.54) is 4.88 Å².